The Hall–Kier alpha value is -1.82. The lowest BCUT2D eigenvalue weighted by atomic mass is 10.1. The molecule has 0 unspecified atom stereocenters. The van der Waals surface area contributed by atoms with E-state index in [-0.39, 0.29) is 17.8 Å². The highest BCUT2D eigenvalue weighted by molar-refractivity contribution is 5.89. The van der Waals surface area contributed by atoms with Crippen LogP contribution in [0.15, 0.2) is 18.2 Å². The molecule has 1 aliphatic heterocycles. The lowest BCUT2D eigenvalue weighted by Gasteiger charge is -2.29. The molecule has 20 heavy (non-hydrogen) atoms. The van der Waals surface area contributed by atoms with Crippen molar-refractivity contribution in [2.75, 3.05) is 32.6 Å². The zero-order valence-electron chi connectivity index (χ0n) is 11.8. The van der Waals surface area contributed by atoms with E-state index in [9.17, 15) is 9.18 Å². The van der Waals surface area contributed by atoms with Crippen molar-refractivity contribution in [2.24, 2.45) is 0 Å². The van der Waals surface area contributed by atoms with Crippen LogP contribution in [0.3, 0.4) is 0 Å². The maximum Gasteiger partial charge on any atom is 0.319 e. The Morgan fingerprint density at radius 2 is 2.10 bits per heavy atom. The Morgan fingerprint density at radius 3 is 2.70 bits per heavy atom. The summed E-state index contributed by atoms with van der Waals surface area (Å²) >= 11 is 0. The fourth-order valence-electron chi connectivity index (χ4n) is 2.25. The zero-order valence-corrected chi connectivity index (χ0v) is 11.8. The summed E-state index contributed by atoms with van der Waals surface area (Å²) in [6.45, 7) is 1.95. The van der Waals surface area contributed by atoms with Crippen LogP contribution in [0.4, 0.5) is 14.9 Å². The van der Waals surface area contributed by atoms with Crippen molar-refractivity contribution < 1.29 is 13.9 Å². The Bertz CT molecular complexity index is 473. The summed E-state index contributed by atoms with van der Waals surface area (Å²) in [6, 6.07) is 4.21. The van der Waals surface area contributed by atoms with Gasteiger partial charge in [-0.2, -0.15) is 0 Å². The largest absolute Gasteiger partial charge is 0.494 e. The maximum absolute atomic E-state index is 13.5. The van der Waals surface area contributed by atoms with Gasteiger partial charge in [0.25, 0.3) is 0 Å². The highest BCUT2D eigenvalue weighted by Crippen LogP contribution is 2.20. The van der Waals surface area contributed by atoms with Gasteiger partial charge in [-0.1, -0.05) is 0 Å². The summed E-state index contributed by atoms with van der Waals surface area (Å²) in [7, 11) is 3.47. The van der Waals surface area contributed by atoms with Gasteiger partial charge in [0, 0.05) is 17.8 Å². The molecule has 0 saturated carbocycles. The summed E-state index contributed by atoms with van der Waals surface area (Å²) in [6.07, 6.45) is 1.86. The number of likely N-dealkylation sites (tertiary alicyclic amines) is 1. The molecule has 1 aromatic rings. The first-order chi connectivity index (χ1) is 9.58. The lowest BCUT2D eigenvalue weighted by Crippen LogP contribution is -2.44. The number of nitrogens with zero attached hydrogens (tertiary/aromatic N) is 1. The lowest BCUT2D eigenvalue weighted by molar-refractivity contribution is 0.221. The molecule has 1 heterocycles. The predicted molar refractivity (Wildman–Crippen MR) is 75.6 cm³/mol. The van der Waals surface area contributed by atoms with Gasteiger partial charge in [-0.15, -0.1) is 0 Å². The average molecular weight is 281 g/mol. The van der Waals surface area contributed by atoms with Crippen LogP contribution >= 0.6 is 0 Å². The molecule has 0 aromatic heterocycles. The van der Waals surface area contributed by atoms with E-state index in [0.717, 1.165) is 25.9 Å². The summed E-state index contributed by atoms with van der Waals surface area (Å²) in [5, 5.41) is 5.54. The van der Waals surface area contributed by atoms with E-state index in [1.807, 2.05) is 0 Å². The summed E-state index contributed by atoms with van der Waals surface area (Å²) < 4.78 is 18.3. The number of hydrogen-bond acceptors (Lipinski definition) is 3. The number of amides is 2. The van der Waals surface area contributed by atoms with Crippen molar-refractivity contribution in [1.29, 1.82) is 0 Å². The number of methoxy groups -OCH3 is 1. The number of ether oxygens (including phenoxy) is 1. The van der Waals surface area contributed by atoms with Gasteiger partial charge in [-0.25, -0.2) is 9.18 Å². The third-order valence-corrected chi connectivity index (χ3v) is 3.46. The van der Waals surface area contributed by atoms with E-state index in [4.69, 9.17) is 4.74 Å². The van der Waals surface area contributed by atoms with E-state index in [1.165, 1.54) is 19.2 Å². The van der Waals surface area contributed by atoms with Crippen LogP contribution in [0, 0.1) is 5.82 Å². The first kappa shape index (κ1) is 14.6. The van der Waals surface area contributed by atoms with Crippen LogP contribution in [-0.2, 0) is 0 Å². The number of hydrogen-bond donors (Lipinski definition) is 2. The van der Waals surface area contributed by atoms with Crippen LogP contribution in [0.1, 0.15) is 12.8 Å². The third kappa shape index (κ3) is 3.84. The summed E-state index contributed by atoms with van der Waals surface area (Å²) in [5.41, 5.74) is 0.411. The first-order valence-electron chi connectivity index (χ1n) is 6.68. The monoisotopic (exact) mass is 281 g/mol. The quantitative estimate of drug-likeness (QED) is 0.891. The predicted octanol–water partition coefficient (Wildman–Crippen LogP) is 2.05. The zero-order chi connectivity index (χ0) is 14.5. The van der Waals surface area contributed by atoms with Gasteiger partial charge in [0.1, 0.15) is 0 Å². The van der Waals surface area contributed by atoms with Gasteiger partial charge >= 0.3 is 6.03 Å². The number of benzene rings is 1. The molecule has 2 rings (SSSR count). The van der Waals surface area contributed by atoms with E-state index in [2.05, 4.69) is 22.6 Å². The summed E-state index contributed by atoms with van der Waals surface area (Å²) in [4.78, 5) is 14.1. The molecule has 0 aliphatic carbocycles. The molecule has 5 nitrogen and oxygen atoms in total. The number of piperidine rings is 1. The topological polar surface area (TPSA) is 53.6 Å². The number of rotatable bonds is 3. The van der Waals surface area contributed by atoms with Gasteiger partial charge < -0.3 is 20.3 Å². The van der Waals surface area contributed by atoms with Gasteiger partial charge in [-0.05, 0) is 45.1 Å². The highest BCUT2D eigenvalue weighted by atomic mass is 19.1. The fourth-order valence-corrected chi connectivity index (χ4v) is 2.25. The van der Waals surface area contributed by atoms with Crippen molar-refractivity contribution in [3.8, 4) is 5.75 Å². The Morgan fingerprint density at radius 1 is 1.40 bits per heavy atom. The highest BCUT2D eigenvalue weighted by Gasteiger charge is 2.18. The average Bonchev–Trinajstić information content (AvgIpc) is 2.41. The van der Waals surface area contributed by atoms with Crippen LogP contribution in [0.5, 0.6) is 5.75 Å². The summed E-state index contributed by atoms with van der Waals surface area (Å²) in [5.74, 6) is -0.337. The maximum atomic E-state index is 13.5. The molecule has 0 radical (unpaired) electrons. The molecule has 2 N–H and O–H groups in total. The van der Waals surface area contributed by atoms with E-state index in [1.54, 1.807) is 6.07 Å². The van der Waals surface area contributed by atoms with Crippen LogP contribution in [0.2, 0.25) is 0 Å². The molecular formula is C14H20FN3O2. The minimum Gasteiger partial charge on any atom is -0.494 e. The second-order valence-corrected chi connectivity index (χ2v) is 5.03. The molecule has 2 amide bonds. The minimum absolute atomic E-state index is 0.159. The Kier molecular flexibility index (Phi) is 4.79. The molecule has 0 atom stereocenters. The van der Waals surface area contributed by atoms with Gasteiger partial charge in [0.15, 0.2) is 11.6 Å². The Labute approximate surface area is 118 Å². The number of halogens is 1. The van der Waals surface area contributed by atoms with Crippen molar-refractivity contribution in [2.45, 2.75) is 18.9 Å². The van der Waals surface area contributed by atoms with Crippen molar-refractivity contribution in [1.82, 2.24) is 10.2 Å². The van der Waals surface area contributed by atoms with Crippen molar-refractivity contribution in [3.05, 3.63) is 24.0 Å². The Balaban J connectivity index is 1.86. The number of urea groups is 1. The molecule has 1 saturated heterocycles. The van der Waals surface area contributed by atoms with Crippen molar-refractivity contribution in [3.63, 3.8) is 0 Å². The second kappa shape index (κ2) is 6.56. The van der Waals surface area contributed by atoms with Crippen LogP contribution in [-0.4, -0.2) is 44.2 Å². The van der Waals surface area contributed by atoms with Gasteiger partial charge in [0.05, 0.1) is 7.11 Å². The molecule has 6 heteroatoms. The molecule has 110 valence electrons. The molecule has 1 fully saturated rings. The normalized spacial score (nSPS) is 16.8. The van der Waals surface area contributed by atoms with E-state index < -0.39 is 5.82 Å². The third-order valence-electron chi connectivity index (χ3n) is 3.46. The second-order valence-electron chi connectivity index (χ2n) is 5.03. The molecular weight excluding hydrogens is 261 g/mol. The van der Waals surface area contributed by atoms with Gasteiger partial charge in [0.2, 0.25) is 0 Å². The SMILES string of the molecule is COc1ccc(NC(=O)NC2CCN(C)CC2)cc1F. The van der Waals surface area contributed by atoms with E-state index >= 15 is 0 Å². The minimum atomic E-state index is -0.496. The number of carbonyl (C=O) groups is 1. The molecule has 1 aromatic carbocycles. The smallest absolute Gasteiger partial charge is 0.319 e. The number of nitrogens with one attached hydrogen (secondary N) is 2. The first-order valence-corrected chi connectivity index (χ1v) is 6.68. The number of carbonyl (C=O) groups excluding carboxylic acids is 1. The molecule has 0 bridgehead atoms. The van der Waals surface area contributed by atoms with Gasteiger partial charge in [-0.3, -0.25) is 0 Å². The standard InChI is InChI=1S/C14H20FN3O2/c1-18-7-5-10(6-8-18)16-14(19)17-11-3-4-13(20-2)12(15)9-11/h3-4,9-10H,5-8H2,1-2H3,(H2,16,17,19). The van der Waals surface area contributed by atoms with Crippen LogP contribution < -0.4 is 15.4 Å². The molecule has 1 aliphatic rings. The van der Waals surface area contributed by atoms with Crippen LogP contribution in [0.25, 0.3) is 0 Å². The molecule has 0 spiro atoms. The fraction of sp³-hybridized carbons (Fsp3) is 0.500. The van der Waals surface area contributed by atoms with Crippen molar-refractivity contribution >= 4 is 11.7 Å². The number of anilines is 1. The van der Waals surface area contributed by atoms with E-state index in [0.29, 0.717) is 5.69 Å².